The Hall–Kier alpha value is -0.830. The van der Waals surface area contributed by atoms with E-state index in [0.717, 1.165) is 6.92 Å². The minimum absolute atomic E-state index is 0.833. The van der Waals surface area contributed by atoms with Crippen molar-refractivity contribution in [1.82, 2.24) is 4.90 Å². The van der Waals surface area contributed by atoms with Gasteiger partial charge in [0.25, 0.3) is 5.97 Å². The summed E-state index contributed by atoms with van der Waals surface area (Å²) < 4.78 is 0. The largest absolute Gasteiger partial charge is 0.481 e. The number of carboxylic acid groups (broad SMARTS) is 1. The zero-order chi connectivity index (χ0) is 13.1. The van der Waals surface area contributed by atoms with Crippen molar-refractivity contribution in [2.45, 2.75) is 52.9 Å². The van der Waals surface area contributed by atoms with Gasteiger partial charge < -0.3 is 5.11 Å². The van der Waals surface area contributed by atoms with Crippen LogP contribution in [0.2, 0.25) is 0 Å². The molecule has 0 bridgehead atoms. The molecule has 0 radical (unpaired) electrons. The molecule has 0 aromatic carbocycles. The SMILES string of the molecule is CC(=O)O.CCCCN(CCCC)CC1=CC1. The fourth-order valence-corrected chi connectivity index (χ4v) is 1.52. The molecular weight excluding hydrogens is 214 g/mol. The van der Waals surface area contributed by atoms with Crippen molar-refractivity contribution in [2.75, 3.05) is 19.6 Å². The number of hydrogen-bond donors (Lipinski definition) is 1. The van der Waals surface area contributed by atoms with E-state index in [1.807, 2.05) is 0 Å². The van der Waals surface area contributed by atoms with E-state index in [9.17, 15) is 0 Å². The van der Waals surface area contributed by atoms with Gasteiger partial charge in [-0.1, -0.05) is 38.3 Å². The summed E-state index contributed by atoms with van der Waals surface area (Å²) in [5, 5.41) is 7.42. The Balaban J connectivity index is 0.000000557. The summed E-state index contributed by atoms with van der Waals surface area (Å²) in [6, 6.07) is 0. The maximum Gasteiger partial charge on any atom is 0.300 e. The topological polar surface area (TPSA) is 40.5 Å². The van der Waals surface area contributed by atoms with E-state index in [1.54, 1.807) is 5.57 Å². The van der Waals surface area contributed by atoms with Crippen molar-refractivity contribution in [3.8, 4) is 0 Å². The molecule has 3 heteroatoms. The van der Waals surface area contributed by atoms with Crippen LogP contribution in [0.3, 0.4) is 0 Å². The molecule has 0 heterocycles. The van der Waals surface area contributed by atoms with Crippen LogP contribution >= 0.6 is 0 Å². The Labute approximate surface area is 106 Å². The highest BCUT2D eigenvalue weighted by Crippen LogP contribution is 2.19. The normalized spacial score (nSPS) is 12.8. The average molecular weight is 241 g/mol. The number of nitrogens with zero attached hydrogens (tertiary/aromatic N) is 1. The van der Waals surface area contributed by atoms with Gasteiger partial charge in [0, 0.05) is 13.5 Å². The second-order valence-corrected chi connectivity index (χ2v) is 4.57. The Morgan fingerprint density at radius 1 is 1.29 bits per heavy atom. The second-order valence-electron chi connectivity index (χ2n) is 4.57. The van der Waals surface area contributed by atoms with E-state index in [0.29, 0.717) is 0 Å². The van der Waals surface area contributed by atoms with Gasteiger partial charge in [-0.15, -0.1) is 0 Å². The molecule has 0 aromatic heterocycles. The van der Waals surface area contributed by atoms with Gasteiger partial charge in [0.05, 0.1) is 0 Å². The van der Waals surface area contributed by atoms with Gasteiger partial charge in [0.15, 0.2) is 0 Å². The van der Waals surface area contributed by atoms with Crippen molar-refractivity contribution in [3.63, 3.8) is 0 Å². The number of unbranched alkanes of at least 4 members (excludes halogenated alkanes) is 2. The number of carbonyl (C=O) groups is 1. The number of aliphatic carboxylic acids is 1. The van der Waals surface area contributed by atoms with Gasteiger partial charge in [-0.2, -0.15) is 0 Å². The molecule has 1 aliphatic rings. The molecule has 0 fully saturated rings. The fourth-order valence-electron chi connectivity index (χ4n) is 1.52. The van der Waals surface area contributed by atoms with E-state index in [2.05, 4.69) is 24.8 Å². The van der Waals surface area contributed by atoms with E-state index in [1.165, 1.54) is 51.7 Å². The third kappa shape index (κ3) is 13.1. The molecule has 0 amide bonds. The molecular formula is C14H27NO2. The summed E-state index contributed by atoms with van der Waals surface area (Å²) in [5.74, 6) is -0.833. The standard InChI is InChI=1S/C12H23N.C2H4O2/c1-3-5-9-13(10-6-4-2)11-12-7-8-12;1-2(3)4/h7H,3-6,8-11H2,1-2H3;1H3,(H,3,4). The van der Waals surface area contributed by atoms with Gasteiger partial charge in [-0.25, -0.2) is 0 Å². The lowest BCUT2D eigenvalue weighted by atomic mass is 10.2. The Bertz CT molecular complexity index is 224. The van der Waals surface area contributed by atoms with E-state index in [-0.39, 0.29) is 0 Å². The summed E-state index contributed by atoms with van der Waals surface area (Å²) in [4.78, 5) is 11.6. The van der Waals surface area contributed by atoms with Crippen LogP contribution in [-0.2, 0) is 4.79 Å². The molecule has 0 unspecified atom stereocenters. The fraction of sp³-hybridized carbons (Fsp3) is 0.786. The first-order valence-electron chi connectivity index (χ1n) is 6.69. The average Bonchev–Trinajstić information content (AvgIpc) is 3.05. The molecule has 3 nitrogen and oxygen atoms in total. The lowest BCUT2D eigenvalue weighted by molar-refractivity contribution is -0.134. The molecule has 0 aliphatic heterocycles. The molecule has 17 heavy (non-hydrogen) atoms. The highest BCUT2D eigenvalue weighted by molar-refractivity contribution is 5.62. The van der Waals surface area contributed by atoms with Gasteiger partial charge in [-0.05, 0) is 32.4 Å². The van der Waals surface area contributed by atoms with Crippen molar-refractivity contribution in [3.05, 3.63) is 11.6 Å². The minimum atomic E-state index is -0.833. The Kier molecular flexibility index (Phi) is 9.83. The van der Waals surface area contributed by atoms with Crippen LogP contribution in [0.1, 0.15) is 52.9 Å². The summed E-state index contributed by atoms with van der Waals surface area (Å²) >= 11 is 0. The smallest absolute Gasteiger partial charge is 0.300 e. The van der Waals surface area contributed by atoms with Crippen molar-refractivity contribution < 1.29 is 9.90 Å². The zero-order valence-corrected chi connectivity index (χ0v) is 11.5. The Morgan fingerprint density at radius 2 is 1.71 bits per heavy atom. The monoisotopic (exact) mass is 241 g/mol. The molecule has 0 saturated heterocycles. The summed E-state index contributed by atoms with van der Waals surface area (Å²) in [7, 11) is 0. The second kappa shape index (κ2) is 10.3. The molecule has 1 N–H and O–H groups in total. The molecule has 0 atom stereocenters. The van der Waals surface area contributed by atoms with Crippen LogP contribution in [0, 0.1) is 0 Å². The van der Waals surface area contributed by atoms with E-state index < -0.39 is 5.97 Å². The first-order chi connectivity index (χ1) is 8.10. The number of carboxylic acids is 1. The molecule has 1 aliphatic carbocycles. The van der Waals surface area contributed by atoms with Crippen LogP contribution < -0.4 is 0 Å². The quantitative estimate of drug-likeness (QED) is 0.663. The predicted molar refractivity (Wildman–Crippen MR) is 72.3 cm³/mol. The molecule has 0 saturated carbocycles. The third-order valence-corrected chi connectivity index (χ3v) is 2.58. The molecule has 0 aromatic rings. The highest BCUT2D eigenvalue weighted by Gasteiger charge is 2.11. The van der Waals surface area contributed by atoms with Gasteiger partial charge in [0.1, 0.15) is 0 Å². The highest BCUT2D eigenvalue weighted by atomic mass is 16.4. The lowest BCUT2D eigenvalue weighted by Gasteiger charge is -2.20. The lowest BCUT2D eigenvalue weighted by Crippen LogP contribution is -2.26. The van der Waals surface area contributed by atoms with Crippen LogP contribution in [0.15, 0.2) is 11.6 Å². The molecule has 1 rings (SSSR count). The third-order valence-electron chi connectivity index (χ3n) is 2.58. The first-order valence-corrected chi connectivity index (χ1v) is 6.69. The van der Waals surface area contributed by atoms with Crippen LogP contribution in [0.25, 0.3) is 0 Å². The van der Waals surface area contributed by atoms with Crippen molar-refractivity contribution >= 4 is 5.97 Å². The summed E-state index contributed by atoms with van der Waals surface area (Å²) in [6.45, 7) is 9.48. The predicted octanol–water partition coefficient (Wildman–Crippen LogP) is 3.31. The Morgan fingerprint density at radius 3 is 2.00 bits per heavy atom. The van der Waals surface area contributed by atoms with Crippen LogP contribution in [0.5, 0.6) is 0 Å². The van der Waals surface area contributed by atoms with Gasteiger partial charge in [-0.3, -0.25) is 9.69 Å². The number of rotatable bonds is 8. The van der Waals surface area contributed by atoms with Crippen LogP contribution in [0.4, 0.5) is 0 Å². The zero-order valence-electron chi connectivity index (χ0n) is 11.5. The summed E-state index contributed by atoms with van der Waals surface area (Å²) in [5.41, 5.74) is 1.66. The summed E-state index contributed by atoms with van der Waals surface area (Å²) in [6.07, 6.45) is 9.00. The van der Waals surface area contributed by atoms with Gasteiger partial charge >= 0.3 is 0 Å². The number of hydrogen-bond acceptors (Lipinski definition) is 2. The first kappa shape index (κ1) is 16.2. The van der Waals surface area contributed by atoms with Crippen molar-refractivity contribution in [2.24, 2.45) is 0 Å². The molecule has 0 spiro atoms. The van der Waals surface area contributed by atoms with E-state index in [4.69, 9.17) is 9.90 Å². The minimum Gasteiger partial charge on any atom is -0.481 e. The maximum absolute atomic E-state index is 9.00. The van der Waals surface area contributed by atoms with Crippen LogP contribution in [-0.4, -0.2) is 35.6 Å². The number of allylic oxidation sites excluding steroid dienone is 1. The van der Waals surface area contributed by atoms with Crippen molar-refractivity contribution in [1.29, 1.82) is 0 Å². The maximum atomic E-state index is 9.00. The molecule has 100 valence electrons. The van der Waals surface area contributed by atoms with E-state index >= 15 is 0 Å². The van der Waals surface area contributed by atoms with Gasteiger partial charge in [0.2, 0.25) is 0 Å².